The number of carbonyl (C=O) groups is 1. The summed E-state index contributed by atoms with van der Waals surface area (Å²) in [6.07, 6.45) is 7.46. The molecule has 4 heteroatoms. The van der Waals surface area contributed by atoms with Gasteiger partial charge in [-0.3, -0.25) is 4.79 Å². The molecular formula is C14H28N2O2. The summed E-state index contributed by atoms with van der Waals surface area (Å²) in [7, 11) is 0. The van der Waals surface area contributed by atoms with E-state index in [1.54, 1.807) is 0 Å². The zero-order chi connectivity index (χ0) is 13.3. The van der Waals surface area contributed by atoms with Gasteiger partial charge < -0.3 is 15.7 Å². The average molecular weight is 256 g/mol. The van der Waals surface area contributed by atoms with Crippen LogP contribution >= 0.6 is 0 Å². The number of carbonyl (C=O) groups excluding carboxylic acids is 1. The average Bonchev–Trinajstić information content (AvgIpc) is 2.42. The highest BCUT2D eigenvalue weighted by Gasteiger charge is 2.30. The van der Waals surface area contributed by atoms with Crippen LogP contribution in [-0.4, -0.2) is 37.3 Å². The Kier molecular flexibility index (Phi) is 7.28. The third kappa shape index (κ3) is 5.36. The molecule has 0 heterocycles. The first-order valence-electron chi connectivity index (χ1n) is 7.31. The number of amides is 1. The maximum absolute atomic E-state index is 11.4. The summed E-state index contributed by atoms with van der Waals surface area (Å²) in [6.45, 7) is 4.62. The lowest BCUT2D eigenvalue weighted by atomic mass is 9.74. The van der Waals surface area contributed by atoms with Gasteiger partial charge in [0.05, 0.1) is 0 Å². The Morgan fingerprint density at radius 1 is 1.22 bits per heavy atom. The Balaban J connectivity index is 2.13. The van der Waals surface area contributed by atoms with Crippen molar-refractivity contribution >= 4 is 5.91 Å². The van der Waals surface area contributed by atoms with Crippen LogP contribution in [0.3, 0.4) is 0 Å². The number of nitrogens with one attached hydrogen (secondary N) is 2. The standard InChI is InChI=1S/C14H28N2O2/c1-2-9-16-13(18)6-10-15-11-14(12-17)7-4-3-5-8-14/h15,17H,2-12H2,1H3,(H,16,18). The zero-order valence-corrected chi connectivity index (χ0v) is 11.6. The molecular weight excluding hydrogens is 228 g/mol. The number of aliphatic hydroxyl groups excluding tert-OH is 1. The molecule has 0 unspecified atom stereocenters. The van der Waals surface area contributed by atoms with E-state index in [9.17, 15) is 9.90 Å². The lowest BCUT2D eigenvalue weighted by Crippen LogP contribution is -2.40. The molecule has 3 N–H and O–H groups in total. The summed E-state index contributed by atoms with van der Waals surface area (Å²) in [5, 5.41) is 15.7. The Labute approximate surface area is 111 Å². The molecule has 1 fully saturated rings. The molecule has 0 saturated heterocycles. The SMILES string of the molecule is CCCNC(=O)CCNCC1(CO)CCCCC1. The first-order chi connectivity index (χ1) is 8.72. The summed E-state index contributed by atoms with van der Waals surface area (Å²) < 4.78 is 0. The van der Waals surface area contributed by atoms with E-state index in [2.05, 4.69) is 10.6 Å². The second-order valence-electron chi connectivity index (χ2n) is 5.50. The Bertz CT molecular complexity index is 238. The predicted molar refractivity (Wildman–Crippen MR) is 73.4 cm³/mol. The molecule has 1 aliphatic carbocycles. The molecule has 18 heavy (non-hydrogen) atoms. The van der Waals surface area contributed by atoms with Crippen LogP contribution in [-0.2, 0) is 4.79 Å². The summed E-state index contributed by atoms with van der Waals surface area (Å²) >= 11 is 0. The van der Waals surface area contributed by atoms with E-state index in [4.69, 9.17) is 0 Å². The second kappa shape index (κ2) is 8.48. The molecule has 106 valence electrons. The molecule has 1 rings (SSSR count). The van der Waals surface area contributed by atoms with Crippen LogP contribution in [0.25, 0.3) is 0 Å². The van der Waals surface area contributed by atoms with Crippen molar-refractivity contribution in [1.82, 2.24) is 10.6 Å². The largest absolute Gasteiger partial charge is 0.396 e. The van der Waals surface area contributed by atoms with Gasteiger partial charge in [-0.05, 0) is 19.3 Å². The van der Waals surface area contributed by atoms with E-state index in [0.29, 0.717) is 13.0 Å². The minimum Gasteiger partial charge on any atom is -0.396 e. The molecule has 0 radical (unpaired) electrons. The molecule has 1 saturated carbocycles. The molecule has 0 spiro atoms. The van der Waals surface area contributed by atoms with E-state index >= 15 is 0 Å². The summed E-state index contributed by atoms with van der Waals surface area (Å²) in [5.41, 5.74) is 0.0676. The molecule has 4 nitrogen and oxygen atoms in total. The van der Waals surface area contributed by atoms with Gasteiger partial charge in [0, 0.05) is 38.1 Å². The van der Waals surface area contributed by atoms with Crippen molar-refractivity contribution in [2.24, 2.45) is 5.41 Å². The normalized spacial score (nSPS) is 18.6. The maximum Gasteiger partial charge on any atom is 0.221 e. The first kappa shape index (κ1) is 15.4. The highest BCUT2D eigenvalue weighted by atomic mass is 16.3. The van der Waals surface area contributed by atoms with Gasteiger partial charge in [-0.1, -0.05) is 26.2 Å². The van der Waals surface area contributed by atoms with Crippen molar-refractivity contribution in [2.45, 2.75) is 51.9 Å². The molecule has 0 bridgehead atoms. The van der Waals surface area contributed by atoms with Gasteiger partial charge in [-0.2, -0.15) is 0 Å². The molecule has 1 amide bonds. The van der Waals surface area contributed by atoms with Crippen molar-refractivity contribution in [3.63, 3.8) is 0 Å². The lowest BCUT2D eigenvalue weighted by Gasteiger charge is -2.35. The van der Waals surface area contributed by atoms with E-state index in [1.807, 2.05) is 6.92 Å². The van der Waals surface area contributed by atoms with Crippen molar-refractivity contribution in [3.05, 3.63) is 0 Å². The van der Waals surface area contributed by atoms with E-state index in [-0.39, 0.29) is 17.9 Å². The summed E-state index contributed by atoms with van der Waals surface area (Å²) in [6, 6.07) is 0. The van der Waals surface area contributed by atoms with Gasteiger partial charge in [0.25, 0.3) is 0 Å². The summed E-state index contributed by atoms with van der Waals surface area (Å²) in [4.78, 5) is 11.4. The third-order valence-corrected chi connectivity index (χ3v) is 3.85. The van der Waals surface area contributed by atoms with Crippen LogP contribution in [0, 0.1) is 5.41 Å². The number of hydrogen-bond donors (Lipinski definition) is 3. The highest BCUT2D eigenvalue weighted by Crippen LogP contribution is 2.35. The number of rotatable bonds is 8. The van der Waals surface area contributed by atoms with Crippen molar-refractivity contribution < 1.29 is 9.90 Å². The predicted octanol–water partition coefficient (Wildman–Crippen LogP) is 1.44. The van der Waals surface area contributed by atoms with Gasteiger partial charge in [0.2, 0.25) is 5.91 Å². The van der Waals surface area contributed by atoms with Crippen molar-refractivity contribution in [2.75, 3.05) is 26.2 Å². The topological polar surface area (TPSA) is 61.4 Å². The summed E-state index contributed by atoms with van der Waals surface area (Å²) in [5.74, 6) is 0.117. The van der Waals surface area contributed by atoms with Gasteiger partial charge in [-0.25, -0.2) is 0 Å². The van der Waals surface area contributed by atoms with Crippen LogP contribution in [0.1, 0.15) is 51.9 Å². The molecule has 0 aliphatic heterocycles. The quantitative estimate of drug-likeness (QED) is 0.576. The lowest BCUT2D eigenvalue weighted by molar-refractivity contribution is -0.121. The molecule has 1 aliphatic rings. The zero-order valence-electron chi connectivity index (χ0n) is 11.6. The monoisotopic (exact) mass is 256 g/mol. The Morgan fingerprint density at radius 2 is 1.94 bits per heavy atom. The minimum atomic E-state index is 0.0676. The number of aliphatic hydroxyl groups is 1. The maximum atomic E-state index is 11.4. The van der Waals surface area contributed by atoms with Gasteiger partial charge in [0.1, 0.15) is 0 Å². The van der Waals surface area contributed by atoms with E-state index in [1.165, 1.54) is 19.3 Å². The van der Waals surface area contributed by atoms with Crippen molar-refractivity contribution in [1.29, 1.82) is 0 Å². The van der Waals surface area contributed by atoms with Crippen LogP contribution < -0.4 is 10.6 Å². The molecule has 0 atom stereocenters. The highest BCUT2D eigenvalue weighted by molar-refractivity contribution is 5.75. The fourth-order valence-corrected chi connectivity index (χ4v) is 2.60. The Hall–Kier alpha value is -0.610. The van der Waals surface area contributed by atoms with E-state index in [0.717, 1.165) is 32.4 Å². The second-order valence-corrected chi connectivity index (χ2v) is 5.50. The third-order valence-electron chi connectivity index (χ3n) is 3.85. The smallest absolute Gasteiger partial charge is 0.221 e. The van der Waals surface area contributed by atoms with Crippen LogP contribution in [0.5, 0.6) is 0 Å². The van der Waals surface area contributed by atoms with E-state index < -0.39 is 0 Å². The van der Waals surface area contributed by atoms with Gasteiger partial charge >= 0.3 is 0 Å². The van der Waals surface area contributed by atoms with Crippen molar-refractivity contribution in [3.8, 4) is 0 Å². The fraction of sp³-hybridized carbons (Fsp3) is 0.929. The number of hydrogen-bond acceptors (Lipinski definition) is 3. The van der Waals surface area contributed by atoms with Crippen LogP contribution in [0.4, 0.5) is 0 Å². The fourth-order valence-electron chi connectivity index (χ4n) is 2.60. The molecule has 0 aromatic rings. The first-order valence-corrected chi connectivity index (χ1v) is 7.31. The van der Waals surface area contributed by atoms with Crippen LogP contribution in [0.15, 0.2) is 0 Å². The Morgan fingerprint density at radius 3 is 2.56 bits per heavy atom. The van der Waals surface area contributed by atoms with Gasteiger partial charge in [-0.15, -0.1) is 0 Å². The molecule has 0 aromatic carbocycles. The minimum absolute atomic E-state index is 0.0676. The van der Waals surface area contributed by atoms with Crippen LogP contribution in [0.2, 0.25) is 0 Å². The molecule has 0 aromatic heterocycles. The van der Waals surface area contributed by atoms with Gasteiger partial charge in [0.15, 0.2) is 0 Å².